The summed E-state index contributed by atoms with van der Waals surface area (Å²) in [5.74, 6) is 0.375. The molecule has 0 saturated carbocycles. The van der Waals surface area contributed by atoms with Crippen LogP contribution in [0.2, 0.25) is 0 Å². The van der Waals surface area contributed by atoms with Gasteiger partial charge in [0.25, 0.3) is 5.91 Å². The van der Waals surface area contributed by atoms with E-state index in [1.165, 1.54) is 6.07 Å². The zero-order chi connectivity index (χ0) is 18.8. The van der Waals surface area contributed by atoms with Crippen LogP contribution in [0.5, 0.6) is 0 Å². The second kappa shape index (κ2) is 7.28. The number of hydrogen-bond donors (Lipinski definition) is 1. The number of pyridine rings is 1. The second-order valence-corrected chi connectivity index (χ2v) is 6.46. The molecular formula is C20H19FN4O2. The van der Waals surface area contributed by atoms with Crippen LogP contribution in [0.4, 0.5) is 4.39 Å². The van der Waals surface area contributed by atoms with Gasteiger partial charge in [-0.25, -0.2) is 9.37 Å². The summed E-state index contributed by atoms with van der Waals surface area (Å²) in [6, 6.07) is 8.25. The zero-order valence-corrected chi connectivity index (χ0v) is 14.7. The number of nitrogens with zero attached hydrogens (tertiary/aromatic N) is 3. The van der Waals surface area contributed by atoms with E-state index in [0.29, 0.717) is 44.1 Å². The van der Waals surface area contributed by atoms with Gasteiger partial charge in [-0.15, -0.1) is 0 Å². The minimum Gasteiger partial charge on any atom is -0.441 e. The lowest BCUT2D eigenvalue weighted by Gasteiger charge is -2.25. The number of fused-ring (bicyclic) bond motifs is 1. The second-order valence-electron chi connectivity index (χ2n) is 6.46. The van der Waals surface area contributed by atoms with Crippen LogP contribution < -0.4 is 5.73 Å². The van der Waals surface area contributed by atoms with Gasteiger partial charge in [-0.2, -0.15) is 0 Å². The molecule has 3 aromatic rings. The smallest absolute Gasteiger partial charge is 0.257 e. The van der Waals surface area contributed by atoms with Crippen molar-refractivity contribution in [1.82, 2.24) is 14.9 Å². The average molecular weight is 366 g/mol. The number of amides is 1. The minimum atomic E-state index is -0.525. The van der Waals surface area contributed by atoms with E-state index in [9.17, 15) is 9.18 Å². The molecule has 1 aliphatic heterocycles. The van der Waals surface area contributed by atoms with E-state index in [-0.39, 0.29) is 11.5 Å². The molecule has 0 bridgehead atoms. The van der Waals surface area contributed by atoms with E-state index < -0.39 is 5.82 Å². The standard InChI is InChI=1S/C20H19FN4O2/c21-16-4-3-13(5-7-22)10-15(16)20(26)25-9-6-18-17(12-25)24-19(27-18)14-2-1-8-23-11-14/h1-4,8,10-11H,5-7,9,12,22H2. The van der Waals surface area contributed by atoms with Gasteiger partial charge >= 0.3 is 0 Å². The topological polar surface area (TPSA) is 85.3 Å². The normalized spacial score (nSPS) is 13.5. The fourth-order valence-electron chi connectivity index (χ4n) is 3.21. The van der Waals surface area contributed by atoms with Crippen LogP contribution in [0.25, 0.3) is 11.5 Å². The van der Waals surface area contributed by atoms with Gasteiger partial charge in [0.2, 0.25) is 5.89 Å². The first kappa shape index (κ1) is 17.4. The van der Waals surface area contributed by atoms with Crippen LogP contribution >= 0.6 is 0 Å². The van der Waals surface area contributed by atoms with E-state index in [2.05, 4.69) is 9.97 Å². The predicted molar refractivity (Wildman–Crippen MR) is 97.3 cm³/mol. The van der Waals surface area contributed by atoms with Gasteiger partial charge < -0.3 is 15.1 Å². The maximum atomic E-state index is 14.2. The Kier molecular flexibility index (Phi) is 4.68. The third kappa shape index (κ3) is 3.46. The van der Waals surface area contributed by atoms with Crippen molar-refractivity contribution in [2.75, 3.05) is 13.1 Å². The van der Waals surface area contributed by atoms with E-state index in [0.717, 1.165) is 16.9 Å². The van der Waals surface area contributed by atoms with Crippen LogP contribution in [0.1, 0.15) is 27.4 Å². The molecule has 4 rings (SSSR count). The first-order valence-electron chi connectivity index (χ1n) is 8.82. The highest BCUT2D eigenvalue weighted by Crippen LogP contribution is 2.27. The Labute approximate surface area is 155 Å². The van der Waals surface area contributed by atoms with Gasteiger partial charge in [-0.05, 0) is 42.8 Å². The van der Waals surface area contributed by atoms with E-state index in [1.807, 2.05) is 12.1 Å². The molecule has 0 saturated heterocycles. The van der Waals surface area contributed by atoms with Gasteiger partial charge in [-0.1, -0.05) is 6.07 Å². The van der Waals surface area contributed by atoms with Crippen LogP contribution in [0.15, 0.2) is 47.1 Å². The Morgan fingerprint density at radius 1 is 1.33 bits per heavy atom. The molecule has 0 fully saturated rings. The van der Waals surface area contributed by atoms with E-state index in [1.54, 1.807) is 29.4 Å². The van der Waals surface area contributed by atoms with Crippen molar-refractivity contribution >= 4 is 5.91 Å². The highest BCUT2D eigenvalue weighted by Gasteiger charge is 2.28. The molecule has 138 valence electrons. The van der Waals surface area contributed by atoms with E-state index in [4.69, 9.17) is 10.2 Å². The average Bonchev–Trinajstić information content (AvgIpc) is 3.13. The Balaban J connectivity index is 1.57. The number of halogens is 1. The third-order valence-electron chi connectivity index (χ3n) is 4.62. The Morgan fingerprint density at radius 2 is 2.22 bits per heavy atom. The van der Waals surface area contributed by atoms with Crippen molar-refractivity contribution in [3.05, 3.63) is 71.1 Å². The molecule has 0 aliphatic carbocycles. The van der Waals surface area contributed by atoms with Crippen molar-refractivity contribution in [3.63, 3.8) is 0 Å². The number of benzene rings is 1. The lowest BCUT2D eigenvalue weighted by Crippen LogP contribution is -2.36. The summed E-state index contributed by atoms with van der Waals surface area (Å²) in [4.78, 5) is 23.0. The molecule has 1 aliphatic rings. The summed E-state index contributed by atoms with van der Waals surface area (Å²) in [6.45, 7) is 1.19. The summed E-state index contributed by atoms with van der Waals surface area (Å²) < 4.78 is 20.0. The van der Waals surface area contributed by atoms with Gasteiger partial charge in [-0.3, -0.25) is 9.78 Å². The van der Waals surface area contributed by atoms with Crippen molar-refractivity contribution < 1.29 is 13.6 Å². The highest BCUT2D eigenvalue weighted by atomic mass is 19.1. The summed E-state index contributed by atoms with van der Waals surface area (Å²) >= 11 is 0. The van der Waals surface area contributed by atoms with Crippen molar-refractivity contribution in [1.29, 1.82) is 0 Å². The number of carbonyl (C=O) groups excluding carboxylic acids is 1. The van der Waals surface area contributed by atoms with Gasteiger partial charge in [0.15, 0.2) is 0 Å². The number of nitrogens with two attached hydrogens (primary N) is 1. The van der Waals surface area contributed by atoms with Gasteiger partial charge in [0.05, 0.1) is 17.7 Å². The van der Waals surface area contributed by atoms with E-state index >= 15 is 0 Å². The lowest BCUT2D eigenvalue weighted by atomic mass is 10.1. The fraction of sp³-hybridized carbons (Fsp3) is 0.250. The lowest BCUT2D eigenvalue weighted by molar-refractivity contribution is 0.0723. The highest BCUT2D eigenvalue weighted by molar-refractivity contribution is 5.94. The van der Waals surface area contributed by atoms with Crippen molar-refractivity contribution in [2.45, 2.75) is 19.4 Å². The Bertz CT molecular complexity index is 971. The molecule has 3 heterocycles. The summed E-state index contributed by atoms with van der Waals surface area (Å²) in [7, 11) is 0. The van der Waals surface area contributed by atoms with Gasteiger partial charge in [0.1, 0.15) is 17.3 Å². The quantitative estimate of drug-likeness (QED) is 0.767. The van der Waals surface area contributed by atoms with Crippen LogP contribution in [0, 0.1) is 5.82 Å². The number of rotatable bonds is 4. The number of aromatic nitrogens is 2. The largest absolute Gasteiger partial charge is 0.441 e. The molecule has 0 radical (unpaired) electrons. The molecule has 2 N–H and O–H groups in total. The first-order valence-corrected chi connectivity index (χ1v) is 8.82. The molecule has 0 atom stereocenters. The summed E-state index contributed by atoms with van der Waals surface area (Å²) in [6.07, 6.45) is 4.50. The van der Waals surface area contributed by atoms with Gasteiger partial charge in [0, 0.05) is 25.4 Å². The molecule has 2 aromatic heterocycles. The van der Waals surface area contributed by atoms with Crippen LogP contribution in [0.3, 0.4) is 0 Å². The summed E-state index contributed by atoms with van der Waals surface area (Å²) in [5, 5.41) is 0. The minimum absolute atomic E-state index is 0.0698. The molecule has 1 aromatic carbocycles. The monoisotopic (exact) mass is 366 g/mol. The molecule has 27 heavy (non-hydrogen) atoms. The maximum Gasteiger partial charge on any atom is 0.257 e. The number of hydrogen-bond acceptors (Lipinski definition) is 5. The third-order valence-corrected chi connectivity index (χ3v) is 4.62. The summed E-state index contributed by atoms with van der Waals surface area (Å²) in [5.41, 5.74) is 7.96. The fourth-order valence-corrected chi connectivity index (χ4v) is 3.21. The molecule has 1 amide bonds. The predicted octanol–water partition coefficient (Wildman–Crippen LogP) is 2.58. The molecular weight excluding hydrogens is 347 g/mol. The van der Waals surface area contributed by atoms with Crippen LogP contribution in [-0.4, -0.2) is 33.9 Å². The first-order chi connectivity index (χ1) is 13.2. The van der Waals surface area contributed by atoms with Crippen molar-refractivity contribution in [3.8, 4) is 11.5 Å². The Hall–Kier alpha value is -3.06. The Morgan fingerprint density at radius 3 is 3.00 bits per heavy atom. The SMILES string of the molecule is NCCc1ccc(F)c(C(=O)N2CCc3oc(-c4cccnc4)nc3C2)c1. The maximum absolute atomic E-state index is 14.2. The zero-order valence-electron chi connectivity index (χ0n) is 14.7. The molecule has 6 nitrogen and oxygen atoms in total. The van der Waals surface area contributed by atoms with Crippen molar-refractivity contribution in [2.24, 2.45) is 5.73 Å². The molecule has 7 heteroatoms. The molecule has 0 unspecified atom stereocenters. The molecule has 0 spiro atoms. The van der Waals surface area contributed by atoms with Crippen LogP contribution in [-0.2, 0) is 19.4 Å². The number of oxazole rings is 1. The number of carbonyl (C=O) groups is 1.